The lowest BCUT2D eigenvalue weighted by molar-refractivity contribution is -0.128. The fraction of sp³-hybridized carbons (Fsp3) is 0.273. The molecule has 7 nitrogen and oxygen atoms in total. The molecule has 0 saturated carbocycles. The molecule has 1 unspecified atom stereocenters. The topological polar surface area (TPSA) is 80.1 Å². The summed E-state index contributed by atoms with van der Waals surface area (Å²) < 4.78 is 1.60. The van der Waals surface area contributed by atoms with Crippen molar-refractivity contribution in [3.8, 4) is 5.69 Å². The minimum Gasteiger partial charge on any atom is -0.341 e. The van der Waals surface area contributed by atoms with E-state index in [9.17, 15) is 9.59 Å². The van der Waals surface area contributed by atoms with Crippen LogP contribution in [0.1, 0.15) is 40.9 Å². The highest BCUT2D eigenvalue weighted by Crippen LogP contribution is 2.19. The molecule has 3 aromatic rings. The van der Waals surface area contributed by atoms with Gasteiger partial charge in [0.25, 0.3) is 5.91 Å². The van der Waals surface area contributed by atoms with Crippen LogP contribution in [0.3, 0.4) is 0 Å². The van der Waals surface area contributed by atoms with Crippen molar-refractivity contribution >= 4 is 23.4 Å². The van der Waals surface area contributed by atoms with Gasteiger partial charge in [-0.3, -0.25) is 9.59 Å². The van der Waals surface area contributed by atoms with Crippen molar-refractivity contribution in [1.29, 1.82) is 0 Å². The second-order valence-corrected chi connectivity index (χ2v) is 7.69. The maximum Gasteiger partial charge on any atom is 0.291 e. The molecule has 1 aliphatic rings. The van der Waals surface area contributed by atoms with Crippen LogP contribution in [0, 0.1) is 6.92 Å². The lowest BCUT2D eigenvalue weighted by atomic mass is 10.1. The number of benzene rings is 2. The SMILES string of the molecule is Cc1nc(C(=O)NC(CN2CCCC2=O)c2ccccc2)nn1-c1ccc(Cl)cc1. The van der Waals surface area contributed by atoms with Crippen molar-refractivity contribution in [3.63, 3.8) is 0 Å². The third kappa shape index (κ3) is 4.36. The smallest absolute Gasteiger partial charge is 0.291 e. The number of aromatic nitrogens is 3. The van der Waals surface area contributed by atoms with E-state index in [1.54, 1.807) is 28.6 Å². The number of nitrogens with one attached hydrogen (secondary N) is 1. The molecule has 2 amide bonds. The van der Waals surface area contributed by atoms with E-state index in [1.165, 1.54) is 0 Å². The van der Waals surface area contributed by atoms with Crippen molar-refractivity contribution in [2.24, 2.45) is 0 Å². The molecule has 1 saturated heterocycles. The Morgan fingerprint density at radius 3 is 2.57 bits per heavy atom. The standard InChI is InChI=1S/C22H22ClN5O2/c1-15-24-21(26-28(15)18-11-9-17(23)10-12-18)22(30)25-19(16-6-3-2-4-7-16)14-27-13-5-8-20(27)29/h2-4,6-7,9-12,19H,5,8,13-14H2,1H3,(H,25,30). The molecule has 1 aromatic heterocycles. The highest BCUT2D eigenvalue weighted by atomic mass is 35.5. The summed E-state index contributed by atoms with van der Waals surface area (Å²) in [5.41, 5.74) is 1.70. The van der Waals surface area contributed by atoms with Crippen LogP contribution in [0.15, 0.2) is 54.6 Å². The number of halogens is 1. The van der Waals surface area contributed by atoms with Crippen LogP contribution in [-0.2, 0) is 4.79 Å². The predicted octanol–water partition coefficient (Wildman–Crippen LogP) is 3.32. The zero-order valence-electron chi connectivity index (χ0n) is 16.6. The molecular formula is C22H22ClN5O2. The number of amides is 2. The number of carbonyl (C=O) groups excluding carboxylic acids is 2. The lowest BCUT2D eigenvalue weighted by Gasteiger charge is -2.24. The average Bonchev–Trinajstić information content (AvgIpc) is 3.34. The minimum atomic E-state index is -0.383. The Labute approximate surface area is 179 Å². The highest BCUT2D eigenvalue weighted by molar-refractivity contribution is 6.30. The third-order valence-electron chi connectivity index (χ3n) is 5.12. The lowest BCUT2D eigenvalue weighted by Crippen LogP contribution is -2.39. The Bertz CT molecular complexity index is 1050. The van der Waals surface area contributed by atoms with Gasteiger partial charge in [0.1, 0.15) is 5.82 Å². The number of likely N-dealkylation sites (tertiary alicyclic amines) is 1. The van der Waals surface area contributed by atoms with E-state index in [2.05, 4.69) is 15.4 Å². The Balaban J connectivity index is 1.56. The van der Waals surface area contributed by atoms with Crippen molar-refractivity contribution in [2.75, 3.05) is 13.1 Å². The molecule has 1 N–H and O–H groups in total. The first-order valence-corrected chi connectivity index (χ1v) is 10.2. The van der Waals surface area contributed by atoms with Crippen LogP contribution in [0.5, 0.6) is 0 Å². The molecule has 8 heteroatoms. The number of aryl methyl sites for hydroxylation is 1. The number of carbonyl (C=O) groups is 2. The molecule has 4 rings (SSSR count). The van der Waals surface area contributed by atoms with Gasteiger partial charge in [0.05, 0.1) is 11.7 Å². The van der Waals surface area contributed by atoms with E-state index < -0.39 is 0 Å². The summed E-state index contributed by atoms with van der Waals surface area (Å²) in [5, 5.41) is 8.00. The summed E-state index contributed by atoms with van der Waals surface area (Å²) in [6, 6.07) is 16.4. The van der Waals surface area contributed by atoms with Gasteiger partial charge in [-0.25, -0.2) is 9.67 Å². The summed E-state index contributed by atoms with van der Waals surface area (Å²) in [7, 11) is 0. The summed E-state index contributed by atoms with van der Waals surface area (Å²) in [6.45, 7) is 2.92. The highest BCUT2D eigenvalue weighted by Gasteiger charge is 2.26. The largest absolute Gasteiger partial charge is 0.341 e. The summed E-state index contributed by atoms with van der Waals surface area (Å²) in [4.78, 5) is 31.2. The zero-order chi connectivity index (χ0) is 21.1. The van der Waals surface area contributed by atoms with E-state index in [1.807, 2.05) is 42.5 Å². The number of hydrogen-bond acceptors (Lipinski definition) is 4. The molecule has 30 heavy (non-hydrogen) atoms. The first-order chi connectivity index (χ1) is 14.5. The Morgan fingerprint density at radius 2 is 1.90 bits per heavy atom. The molecule has 0 aliphatic carbocycles. The predicted molar refractivity (Wildman–Crippen MR) is 114 cm³/mol. The number of nitrogens with zero attached hydrogens (tertiary/aromatic N) is 4. The van der Waals surface area contributed by atoms with E-state index >= 15 is 0 Å². The van der Waals surface area contributed by atoms with Crippen LogP contribution in [0.2, 0.25) is 5.02 Å². The molecule has 0 bridgehead atoms. The monoisotopic (exact) mass is 423 g/mol. The molecule has 1 aliphatic heterocycles. The molecule has 154 valence electrons. The summed E-state index contributed by atoms with van der Waals surface area (Å²) >= 11 is 5.95. The van der Waals surface area contributed by atoms with Crippen molar-refractivity contribution < 1.29 is 9.59 Å². The Kier molecular flexibility index (Phi) is 5.81. The summed E-state index contributed by atoms with van der Waals surface area (Å²) in [5.74, 6) is 0.405. The molecule has 0 radical (unpaired) electrons. The maximum atomic E-state index is 13.0. The van der Waals surface area contributed by atoms with Gasteiger partial charge in [0.15, 0.2) is 0 Å². The normalized spacial score (nSPS) is 14.7. The Morgan fingerprint density at radius 1 is 1.17 bits per heavy atom. The first kappa shape index (κ1) is 20.1. The fourth-order valence-electron chi connectivity index (χ4n) is 3.57. The van der Waals surface area contributed by atoms with Crippen molar-refractivity contribution in [1.82, 2.24) is 25.0 Å². The van der Waals surface area contributed by atoms with Crippen LogP contribution in [-0.4, -0.2) is 44.6 Å². The second-order valence-electron chi connectivity index (χ2n) is 7.25. The van der Waals surface area contributed by atoms with Gasteiger partial charge < -0.3 is 10.2 Å². The molecular weight excluding hydrogens is 402 g/mol. The van der Waals surface area contributed by atoms with Gasteiger partial charge in [-0.2, -0.15) is 0 Å². The first-order valence-electron chi connectivity index (χ1n) is 9.84. The minimum absolute atomic E-state index is 0.0797. The van der Waals surface area contributed by atoms with E-state index in [0.717, 1.165) is 17.7 Å². The summed E-state index contributed by atoms with van der Waals surface area (Å²) in [6.07, 6.45) is 1.41. The van der Waals surface area contributed by atoms with Gasteiger partial charge in [0.2, 0.25) is 11.7 Å². The molecule has 1 atom stereocenters. The quantitative estimate of drug-likeness (QED) is 0.659. The maximum absolute atomic E-state index is 13.0. The van der Waals surface area contributed by atoms with E-state index in [-0.39, 0.29) is 23.7 Å². The Hall–Kier alpha value is -3.19. The second kappa shape index (κ2) is 8.67. The van der Waals surface area contributed by atoms with Gasteiger partial charge in [-0.05, 0) is 43.2 Å². The fourth-order valence-corrected chi connectivity index (χ4v) is 3.70. The van der Waals surface area contributed by atoms with Crippen LogP contribution in [0.25, 0.3) is 5.69 Å². The third-order valence-corrected chi connectivity index (χ3v) is 5.38. The van der Waals surface area contributed by atoms with Gasteiger partial charge in [-0.1, -0.05) is 41.9 Å². The molecule has 2 heterocycles. The average molecular weight is 424 g/mol. The van der Waals surface area contributed by atoms with Crippen molar-refractivity contribution in [3.05, 3.63) is 76.8 Å². The number of hydrogen-bond donors (Lipinski definition) is 1. The molecule has 0 spiro atoms. The van der Waals surface area contributed by atoms with Crippen molar-refractivity contribution in [2.45, 2.75) is 25.8 Å². The van der Waals surface area contributed by atoms with Crippen LogP contribution in [0.4, 0.5) is 0 Å². The van der Waals surface area contributed by atoms with Gasteiger partial charge in [-0.15, -0.1) is 5.10 Å². The van der Waals surface area contributed by atoms with Crippen LogP contribution >= 0.6 is 11.6 Å². The van der Waals surface area contributed by atoms with Gasteiger partial charge >= 0.3 is 0 Å². The van der Waals surface area contributed by atoms with E-state index in [0.29, 0.717) is 30.4 Å². The van der Waals surface area contributed by atoms with Crippen LogP contribution < -0.4 is 5.32 Å². The molecule has 1 fully saturated rings. The van der Waals surface area contributed by atoms with E-state index in [4.69, 9.17) is 11.6 Å². The number of rotatable bonds is 6. The van der Waals surface area contributed by atoms with Gasteiger partial charge in [0, 0.05) is 24.5 Å². The zero-order valence-corrected chi connectivity index (χ0v) is 17.3. The molecule has 2 aromatic carbocycles.